The van der Waals surface area contributed by atoms with Crippen LogP contribution in [0.2, 0.25) is 0 Å². The summed E-state index contributed by atoms with van der Waals surface area (Å²) >= 11 is 0. The number of benzene rings is 1. The Hall–Kier alpha value is -1.86. The van der Waals surface area contributed by atoms with Crippen molar-refractivity contribution in [1.29, 1.82) is 0 Å². The zero-order chi connectivity index (χ0) is 14.1. The number of hydrazine groups is 1. The summed E-state index contributed by atoms with van der Waals surface area (Å²) in [6, 6.07) is 5.73. The molecule has 2 aliphatic heterocycles. The van der Waals surface area contributed by atoms with Gasteiger partial charge in [-0.25, -0.2) is 0 Å². The average molecular weight is 277 g/mol. The van der Waals surface area contributed by atoms with Crippen molar-refractivity contribution >= 4 is 17.1 Å². The Morgan fingerprint density at radius 1 is 1.25 bits per heavy atom. The maximum absolute atomic E-state index is 10.9. The van der Waals surface area contributed by atoms with Gasteiger partial charge in [0.15, 0.2) is 0 Å². The average Bonchev–Trinajstić information content (AvgIpc) is 3.03. The second-order valence-electron chi connectivity index (χ2n) is 5.46. The Bertz CT molecular complexity index is 521. The third-order valence-electron chi connectivity index (χ3n) is 4.25. The minimum Gasteiger partial charge on any atom is -0.380 e. The van der Waals surface area contributed by atoms with Crippen molar-refractivity contribution < 1.29 is 4.92 Å². The summed E-state index contributed by atoms with van der Waals surface area (Å²) in [7, 11) is 0. The van der Waals surface area contributed by atoms with Crippen molar-refractivity contribution in [2.24, 2.45) is 5.84 Å². The number of nitro benzene ring substituents is 1. The van der Waals surface area contributed by atoms with Crippen LogP contribution < -0.4 is 16.6 Å². The number of fused-ring (bicyclic) bond motifs is 1. The summed E-state index contributed by atoms with van der Waals surface area (Å²) in [5, 5.41) is 14.4. The van der Waals surface area contributed by atoms with Crippen LogP contribution in [0.15, 0.2) is 18.2 Å². The van der Waals surface area contributed by atoms with E-state index < -0.39 is 4.92 Å². The van der Waals surface area contributed by atoms with Gasteiger partial charge in [0.25, 0.3) is 5.69 Å². The fraction of sp³-hybridized carbons (Fsp3) is 0.538. The molecule has 3 rings (SSSR count). The van der Waals surface area contributed by atoms with Gasteiger partial charge >= 0.3 is 0 Å². The highest BCUT2D eigenvalue weighted by Gasteiger charge is 2.37. The van der Waals surface area contributed by atoms with E-state index in [1.54, 1.807) is 6.07 Å². The largest absolute Gasteiger partial charge is 0.380 e. The van der Waals surface area contributed by atoms with Gasteiger partial charge in [-0.3, -0.25) is 20.9 Å². The molecule has 7 nitrogen and oxygen atoms in total. The predicted molar refractivity (Wildman–Crippen MR) is 77.5 cm³/mol. The quantitative estimate of drug-likeness (QED) is 0.439. The molecular formula is C13H19N5O2. The molecule has 2 unspecified atom stereocenters. The summed E-state index contributed by atoms with van der Waals surface area (Å²) in [6.07, 6.45) is 3.53. The first-order valence-corrected chi connectivity index (χ1v) is 6.94. The summed E-state index contributed by atoms with van der Waals surface area (Å²) in [6.45, 7) is 2.28. The molecule has 0 aliphatic carbocycles. The van der Waals surface area contributed by atoms with Crippen LogP contribution in [0.3, 0.4) is 0 Å². The monoisotopic (exact) mass is 277 g/mol. The third-order valence-corrected chi connectivity index (χ3v) is 4.25. The highest BCUT2D eigenvalue weighted by atomic mass is 16.6. The summed E-state index contributed by atoms with van der Waals surface area (Å²) in [5.41, 5.74) is 3.82. The number of hydrogen-bond acceptors (Lipinski definition) is 6. The topological polar surface area (TPSA) is 96.5 Å². The highest BCUT2D eigenvalue weighted by molar-refractivity contribution is 5.63. The van der Waals surface area contributed by atoms with Gasteiger partial charge in [0.2, 0.25) is 0 Å². The molecule has 0 saturated carbocycles. The lowest BCUT2D eigenvalue weighted by atomic mass is 10.1. The van der Waals surface area contributed by atoms with E-state index in [4.69, 9.17) is 5.84 Å². The van der Waals surface area contributed by atoms with Crippen LogP contribution in [0.25, 0.3) is 0 Å². The van der Waals surface area contributed by atoms with E-state index in [1.807, 2.05) is 6.07 Å². The lowest BCUT2D eigenvalue weighted by molar-refractivity contribution is -0.384. The molecular weight excluding hydrogens is 258 g/mol. The van der Waals surface area contributed by atoms with Gasteiger partial charge in [-0.1, -0.05) is 0 Å². The van der Waals surface area contributed by atoms with Gasteiger partial charge in [-0.05, 0) is 31.9 Å². The first kappa shape index (κ1) is 13.1. The van der Waals surface area contributed by atoms with Crippen molar-refractivity contribution in [2.75, 3.05) is 23.8 Å². The van der Waals surface area contributed by atoms with Crippen LogP contribution in [0, 0.1) is 10.1 Å². The Morgan fingerprint density at radius 3 is 2.80 bits per heavy atom. The Balaban J connectivity index is 1.79. The molecule has 2 heterocycles. The third kappa shape index (κ3) is 2.41. The summed E-state index contributed by atoms with van der Waals surface area (Å²) in [4.78, 5) is 13.0. The van der Waals surface area contributed by atoms with Gasteiger partial charge in [0, 0.05) is 36.4 Å². The lowest BCUT2D eigenvalue weighted by Crippen LogP contribution is -2.33. The van der Waals surface area contributed by atoms with Crippen molar-refractivity contribution in [3.63, 3.8) is 0 Å². The zero-order valence-electron chi connectivity index (χ0n) is 11.2. The van der Waals surface area contributed by atoms with Crippen LogP contribution in [0.5, 0.6) is 0 Å². The molecule has 4 N–H and O–H groups in total. The van der Waals surface area contributed by atoms with E-state index in [-0.39, 0.29) is 5.69 Å². The van der Waals surface area contributed by atoms with Crippen LogP contribution in [-0.2, 0) is 0 Å². The Morgan fingerprint density at radius 2 is 2.05 bits per heavy atom. The smallest absolute Gasteiger partial charge is 0.273 e. The molecule has 1 aromatic rings. The van der Waals surface area contributed by atoms with Gasteiger partial charge in [0.05, 0.1) is 10.6 Å². The number of anilines is 2. The number of rotatable bonds is 4. The molecule has 0 aromatic heterocycles. The molecule has 2 saturated heterocycles. The minimum atomic E-state index is -0.400. The molecule has 0 spiro atoms. The van der Waals surface area contributed by atoms with E-state index >= 15 is 0 Å². The minimum absolute atomic E-state index is 0.0456. The number of nitrogens with one attached hydrogen (secondary N) is 2. The standard InChI is InChI=1S/C13H19N5O2/c14-16-10-6-9(7-11(8-10)18(19)20)15-12-3-5-17-4-1-2-13(12)17/h6-8,12-13,15-16H,1-5,14H2. The normalized spacial score (nSPS) is 25.4. The number of hydrogen-bond donors (Lipinski definition) is 3. The number of nitrogen functional groups attached to an aromatic ring is 1. The summed E-state index contributed by atoms with van der Waals surface area (Å²) < 4.78 is 0. The fourth-order valence-corrected chi connectivity index (χ4v) is 3.35. The van der Waals surface area contributed by atoms with E-state index in [9.17, 15) is 10.1 Å². The molecule has 2 aliphatic rings. The lowest BCUT2D eigenvalue weighted by Gasteiger charge is -2.22. The van der Waals surface area contributed by atoms with E-state index in [0.29, 0.717) is 17.8 Å². The maximum Gasteiger partial charge on any atom is 0.273 e. The molecule has 0 bridgehead atoms. The Labute approximate surface area is 117 Å². The van der Waals surface area contributed by atoms with Crippen LogP contribution >= 0.6 is 0 Å². The predicted octanol–water partition coefficient (Wildman–Crippen LogP) is 1.53. The second kappa shape index (κ2) is 5.26. The van der Waals surface area contributed by atoms with Gasteiger partial charge < -0.3 is 10.7 Å². The molecule has 108 valence electrons. The highest BCUT2D eigenvalue weighted by Crippen LogP contribution is 2.31. The number of nitro groups is 1. The first-order valence-electron chi connectivity index (χ1n) is 6.94. The molecule has 1 aromatic carbocycles. The van der Waals surface area contributed by atoms with Crippen molar-refractivity contribution in [3.8, 4) is 0 Å². The van der Waals surface area contributed by atoms with E-state index in [1.165, 1.54) is 25.5 Å². The molecule has 0 amide bonds. The van der Waals surface area contributed by atoms with Crippen LogP contribution in [-0.4, -0.2) is 35.0 Å². The first-order chi connectivity index (χ1) is 9.67. The van der Waals surface area contributed by atoms with Crippen molar-refractivity contribution in [2.45, 2.75) is 31.3 Å². The van der Waals surface area contributed by atoms with E-state index in [0.717, 1.165) is 18.7 Å². The van der Waals surface area contributed by atoms with E-state index in [2.05, 4.69) is 15.6 Å². The maximum atomic E-state index is 10.9. The number of nitrogens with two attached hydrogens (primary N) is 1. The zero-order valence-corrected chi connectivity index (χ0v) is 11.2. The fourth-order valence-electron chi connectivity index (χ4n) is 3.35. The SMILES string of the molecule is NNc1cc(NC2CCN3CCCC23)cc([N+](=O)[O-])c1. The van der Waals surface area contributed by atoms with Gasteiger partial charge in [0.1, 0.15) is 0 Å². The Kier molecular flexibility index (Phi) is 3.45. The second-order valence-corrected chi connectivity index (χ2v) is 5.46. The molecule has 2 fully saturated rings. The summed E-state index contributed by atoms with van der Waals surface area (Å²) in [5.74, 6) is 5.37. The molecule has 20 heavy (non-hydrogen) atoms. The molecule has 0 radical (unpaired) electrons. The van der Waals surface area contributed by atoms with Crippen molar-refractivity contribution in [3.05, 3.63) is 28.3 Å². The number of non-ortho nitro benzene ring substituents is 1. The molecule has 2 atom stereocenters. The number of nitrogens with zero attached hydrogens (tertiary/aromatic N) is 2. The van der Waals surface area contributed by atoms with Crippen molar-refractivity contribution in [1.82, 2.24) is 4.90 Å². The van der Waals surface area contributed by atoms with Crippen LogP contribution in [0.4, 0.5) is 17.1 Å². The molecule has 7 heteroatoms. The van der Waals surface area contributed by atoms with Gasteiger partial charge in [-0.15, -0.1) is 0 Å². The van der Waals surface area contributed by atoms with Crippen LogP contribution in [0.1, 0.15) is 19.3 Å². The van der Waals surface area contributed by atoms with Gasteiger partial charge in [-0.2, -0.15) is 0 Å².